The van der Waals surface area contributed by atoms with Crippen molar-refractivity contribution in [1.29, 1.82) is 0 Å². The molecule has 1 aromatic carbocycles. The maximum Gasteiger partial charge on any atom is 0.410 e. The monoisotopic (exact) mass is 587 g/mol. The number of ether oxygens (including phenoxy) is 1. The zero-order valence-corrected chi connectivity index (χ0v) is 25.7. The average molecular weight is 588 g/mol. The fraction of sp³-hybridized carbons (Fsp3) is 0.633. The predicted molar refractivity (Wildman–Crippen MR) is 156 cm³/mol. The van der Waals surface area contributed by atoms with Crippen molar-refractivity contribution >= 4 is 29.9 Å². The highest BCUT2D eigenvalue weighted by molar-refractivity contribution is 5.94. The molecule has 232 valence electrons. The van der Waals surface area contributed by atoms with Crippen LogP contribution in [0.2, 0.25) is 0 Å². The number of nitrogens with one attached hydrogen (secondary N) is 2. The van der Waals surface area contributed by atoms with Gasteiger partial charge in [0.25, 0.3) is 0 Å². The lowest BCUT2D eigenvalue weighted by Crippen LogP contribution is -2.65. The molecule has 42 heavy (non-hydrogen) atoms. The summed E-state index contributed by atoms with van der Waals surface area (Å²) in [5, 5.41) is 15.5. The number of carbonyl (C=O) groups is 5. The van der Waals surface area contributed by atoms with Gasteiger partial charge in [0.1, 0.15) is 23.7 Å². The largest absolute Gasteiger partial charge is 0.465 e. The van der Waals surface area contributed by atoms with Crippen LogP contribution in [0.15, 0.2) is 24.3 Å². The van der Waals surface area contributed by atoms with Crippen LogP contribution in [-0.2, 0) is 25.5 Å². The van der Waals surface area contributed by atoms with E-state index >= 15 is 0 Å². The molecule has 1 aliphatic heterocycles. The van der Waals surface area contributed by atoms with Gasteiger partial charge in [-0.1, -0.05) is 38.1 Å². The normalized spacial score (nSPS) is 20.2. The van der Waals surface area contributed by atoms with Gasteiger partial charge in [-0.05, 0) is 64.0 Å². The molecule has 0 spiro atoms. The molecular weight excluding hydrogens is 542 g/mol. The van der Waals surface area contributed by atoms with Crippen LogP contribution in [0.4, 0.5) is 9.59 Å². The first kappa shape index (κ1) is 32.7. The van der Waals surface area contributed by atoms with Gasteiger partial charge in [0.15, 0.2) is 0 Å². The number of fused-ring (bicyclic) bond motifs is 1. The van der Waals surface area contributed by atoms with Crippen molar-refractivity contribution in [3.8, 4) is 0 Å². The Morgan fingerprint density at radius 3 is 2.36 bits per heavy atom. The summed E-state index contributed by atoms with van der Waals surface area (Å²) in [4.78, 5) is 68.8. The van der Waals surface area contributed by atoms with Crippen molar-refractivity contribution in [1.82, 2.24) is 25.3 Å². The Morgan fingerprint density at radius 2 is 1.74 bits per heavy atom. The SMILES string of the molecule is CC(C)[C@H](NC(=O)[C@H](C)N(C)C(=O)OC(C)(C)C)C(=O)N1CCN(C(=O)O)C[C@H]1C(=O)N[C@@H]1CCCc2ccccc21. The molecule has 1 fully saturated rings. The number of amides is 5. The fourth-order valence-electron chi connectivity index (χ4n) is 5.25. The summed E-state index contributed by atoms with van der Waals surface area (Å²) in [5.74, 6) is -1.84. The lowest BCUT2D eigenvalue weighted by molar-refractivity contribution is -0.147. The highest BCUT2D eigenvalue weighted by Gasteiger charge is 2.42. The smallest absolute Gasteiger partial charge is 0.410 e. The molecule has 1 saturated heterocycles. The van der Waals surface area contributed by atoms with Gasteiger partial charge < -0.3 is 30.3 Å². The van der Waals surface area contributed by atoms with Gasteiger partial charge in [0.2, 0.25) is 17.7 Å². The minimum atomic E-state index is -1.17. The van der Waals surface area contributed by atoms with Crippen molar-refractivity contribution < 1.29 is 33.8 Å². The standard InChI is InChI=1S/C30H45N5O7/c1-18(2)24(32-25(36)19(3)33(7)29(41)42-30(4,5)6)27(38)35-16-15-34(28(39)40)17-23(35)26(37)31-22-14-10-12-20-11-8-9-13-21(20)22/h8-9,11,13,18-19,22-24H,10,12,14-17H2,1-7H3,(H,31,37)(H,32,36)(H,39,40)/t19-,22+,23-,24-/m0/s1. The number of hydrogen-bond acceptors (Lipinski definition) is 6. The van der Waals surface area contributed by atoms with Crippen LogP contribution in [-0.4, -0.2) is 100 Å². The number of hydrogen-bond donors (Lipinski definition) is 3. The summed E-state index contributed by atoms with van der Waals surface area (Å²) in [7, 11) is 1.44. The average Bonchev–Trinajstić information content (AvgIpc) is 2.93. The number of likely N-dealkylation sites (N-methyl/N-ethyl adjacent to an activating group) is 1. The number of carbonyl (C=O) groups excluding carboxylic acids is 4. The molecule has 0 saturated carbocycles. The van der Waals surface area contributed by atoms with E-state index in [1.54, 1.807) is 34.6 Å². The zero-order chi connectivity index (χ0) is 31.4. The van der Waals surface area contributed by atoms with E-state index in [-0.39, 0.29) is 31.6 Å². The van der Waals surface area contributed by atoms with E-state index in [9.17, 15) is 29.1 Å². The molecule has 3 N–H and O–H groups in total. The second-order valence-corrected chi connectivity index (χ2v) is 12.4. The Hall–Kier alpha value is -3.83. The number of benzene rings is 1. The summed E-state index contributed by atoms with van der Waals surface area (Å²) in [6.45, 7) is 10.1. The zero-order valence-electron chi connectivity index (χ0n) is 25.7. The molecule has 4 atom stereocenters. The topological polar surface area (TPSA) is 149 Å². The number of rotatable bonds is 7. The fourth-order valence-corrected chi connectivity index (χ4v) is 5.25. The van der Waals surface area contributed by atoms with Gasteiger partial charge in [-0.15, -0.1) is 0 Å². The van der Waals surface area contributed by atoms with Crippen LogP contribution in [0, 0.1) is 5.92 Å². The summed E-state index contributed by atoms with van der Waals surface area (Å²) in [6.07, 6.45) is 0.702. The van der Waals surface area contributed by atoms with Gasteiger partial charge in [-0.3, -0.25) is 19.3 Å². The van der Waals surface area contributed by atoms with E-state index in [0.717, 1.165) is 40.2 Å². The minimum Gasteiger partial charge on any atom is -0.465 e. The second-order valence-electron chi connectivity index (χ2n) is 12.4. The lowest BCUT2D eigenvalue weighted by atomic mass is 9.87. The molecule has 12 nitrogen and oxygen atoms in total. The summed E-state index contributed by atoms with van der Waals surface area (Å²) in [5.41, 5.74) is 1.44. The Balaban J connectivity index is 1.79. The number of nitrogens with zero attached hydrogens (tertiary/aromatic N) is 3. The first-order chi connectivity index (χ1) is 19.6. The predicted octanol–water partition coefficient (Wildman–Crippen LogP) is 2.77. The summed E-state index contributed by atoms with van der Waals surface area (Å²) in [6, 6.07) is 4.63. The van der Waals surface area contributed by atoms with Crippen molar-refractivity contribution in [3.05, 3.63) is 35.4 Å². The van der Waals surface area contributed by atoms with Gasteiger partial charge in [0.05, 0.1) is 12.6 Å². The van der Waals surface area contributed by atoms with Crippen LogP contribution in [0.5, 0.6) is 0 Å². The minimum absolute atomic E-state index is 0.00305. The van der Waals surface area contributed by atoms with E-state index in [0.29, 0.717) is 0 Å². The van der Waals surface area contributed by atoms with Crippen LogP contribution in [0.3, 0.4) is 0 Å². The number of aryl methyl sites for hydroxylation is 1. The van der Waals surface area contributed by atoms with E-state index in [2.05, 4.69) is 10.6 Å². The third-order valence-corrected chi connectivity index (χ3v) is 7.79. The summed E-state index contributed by atoms with van der Waals surface area (Å²) < 4.78 is 5.35. The molecule has 1 aromatic rings. The Bertz CT molecular complexity index is 1180. The first-order valence-electron chi connectivity index (χ1n) is 14.5. The van der Waals surface area contributed by atoms with Gasteiger partial charge in [-0.25, -0.2) is 9.59 Å². The van der Waals surface area contributed by atoms with Crippen LogP contribution >= 0.6 is 0 Å². The van der Waals surface area contributed by atoms with Crippen LogP contribution < -0.4 is 10.6 Å². The first-order valence-corrected chi connectivity index (χ1v) is 14.5. The van der Waals surface area contributed by atoms with Crippen molar-refractivity contribution in [3.63, 3.8) is 0 Å². The van der Waals surface area contributed by atoms with E-state index in [1.807, 2.05) is 24.3 Å². The van der Waals surface area contributed by atoms with Crippen molar-refractivity contribution in [2.24, 2.45) is 5.92 Å². The Morgan fingerprint density at radius 1 is 1.07 bits per heavy atom. The molecule has 3 rings (SSSR count). The van der Waals surface area contributed by atoms with Crippen molar-refractivity contribution in [2.75, 3.05) is 26.7 Å². The molecule has 0 unspecified atom stereocenters. The second kappa shape index (κ2) is 13.4. The van der Waals surface area contributed by atoms with E-state index < -0.39 is 53.6 Å². The molecule has 0 bridgehead atoms. The quantitative estimate of drug-likeness (QED) is 0.444. The highest BCUT2D eigenvalue weighted by Crippen LogP contribution is 2.30. The molecule has 1 heterocycles. The third kappa shape index (κ3) is 7.92. The van der Waals surface area contributed by atoms with Gasteiger partial charge in [0, 0.05) is 20.1 Å². The number of piperazine rings is 1. The van der Waals surface area contributed by atoms with Gasteiger partial charge in [-0.2, -0.15) is 0 Å². The van der Waals surface area contributed by atoms with Crippen molar-refractivity contribution in [2.45, 2.75) is 90.6 Å². The maximum atomic E-state index is 13.9. The van der Waals surface area contributed by atoms with E-state index in [1.165, 1.54) is 18.9 Å². The molecule has 12 heteroatoms. The van der Waals surface area contributed by atoms with Crippen LogP contribution in [0.25, 0.3) is 0 Å². The molecular formula is C30H45N5O7. The lowest BCUT2D eigenvalue weighted by Gasteiger charge is -2.42. The highest BCUT2D eigenvalue weighted by atomic mass is 16.6. The van der Waals surface area contributed by atoms with Gasteiger partial charge >= 0.3 is 12.2 Å². The molecule has 0 radical (unpaired) electrons. The third-order valence-electron chi connectivity index (χ3n) is 7.79. The Labute approximate surface area is 247 Å². The molecule has 1 aliphatic carbocycles. The number of carboxylic acid groups (broad SMARTS) is 1. The molecule has 0 aromatic heterocycles. The molecule has 5 amide bonds. The van der Waals surface area contributed by atoms with Crippen LogP contribution in [0.1, 0.15) is 71.6 Å². The van der Waals surface area contributed by atoms with E-state index in [4.69, 9.17) is 4.74 Å². The maximum absolute atomic E-state index is 13.9. The molecule has 2 aliphatic rings. The Kier molecular flexibility index (Phi) is 10.5. The summed E-state index contributed by atoms with van der Waals surface area (Å²) >= 11 is 0.